The maximum absolute atomic E-state index is 12.7. The molecule has 0 N–H and O–H groups in total. The van der Waals surface area contributed by atoms with Crippen LogP contribution < -0.4 is 9.64 Å². The Bertz CT molecular complexity index is 939. The molecule has 0 aliphatic heterocycles. The first-order chi connectivity index (χ1) is 12.2. The highest BCUT2D eigenvalue weighted by Crippen LogP contribution is 2.27. The second-order valence-electron chi connectivity index (χ2n) is 5.53. The topological polar surface area (TPSA) is 53.3 Å². The van der Waals surface area contributed by atoms with E-state index in [0.717, 1.165) is 16.5 Å². The number of para-hydroxylation sites is 1. The Balaban J connectivity index is 1.83. The van der Waals surface area contributed by atoms with Gasteiger partial charge >= 0.3 is 0 Å². The number of carbonyl (C=O) groups is 1. The molecule has 0 aliphatic carbocycles. The van der Waals surface area contributed by atoms with Gasteiger partial charge in [-0.2, -0.15) is 5.26 Å². The maximum atomic E-state index is 12.7. The van der Waals surface area contributed by atoms with E-state index in [2.05, 4.69) is 6.07 Å². The Kier molecular flexibility index (Phi) is 4.96. The number of nitrogens with zero attached hydrogens (tertiary/aromatic N) is 2. The van der Waals surface area contributed by atoms with Gasteiger partial charge in [0.1, 0.15) is 11.8 Å². The van der Waals surface area contributed by atoms with Crippen molar-refractivity contribution in [2.24, 2.45) is 0 Å². The molecule has 0 spiro atoms. The van der Waals surface area contributed by atoms with E-state index in [4.69, 9.17) is 10.00 Å². The van der Waals surface area contributed by atoms with Crippen LogP contribution in [0.25, 0.3) is 10.8 Å². The van der Waals surface area contributed by atoms with E-state index in [1.54, 1.807) is 29.2 Å². The van der Waals surface area contributed by atoms with Crippen LogP contribution in [0.4, 0.5) is 5.69 Å². The van der Waals surface area contributed by atoms with Crippen molar-refractivity contribution in [3.05, 3.63) is 72.3 Å². The molecule has 0 heterocycles. The van der Waals surface area contributed by atoms with E-state index in [-0.39, 0.29) is 12.5 Å². The quantitative estimate of drug-likeness (QED) is 0.706. The molecule has 4 heteroatoms. The van der Waals surface area contributed by atoms with Crippen molar-refractivity contribution in [1.82, 2.24) is 0 Å². The Labute approximate surface area is 146 Å². The highest BCUT2D eigenvalue weighted by molar-refractivity contribution is 6.04. The number of hydrogen-bond donors (Lipinski definition) is 0. The number of benzene rings is 3. The zero-order valence-corrected chi connectivity index (χ0v) is 14.0. The van der Waals surface area contributed by atoms with Crippen LogP contribution in [0.2, 0.25) is 0 Å². The lowest BCUT2D eigenvalue weighted by molar-refractivity contribution is -0.120. The number of ether oxygens (including phenoxy) is 1. The van der Waals surface area contributed by atoms with Gasteiger partial charge in [0.15, 0.2) is 6.61 Å². The fourth-order valence-electron chi connectivity index (χ4n) is 2.83. The molecule has 25 heavy (non-hydrogen) atoms. The molecule has 124 valence electrons. The van der Waals surface area contributed by atoms with Crippen molar-refractivity contribution < 1.29 is 9.53 Å². The standard InChI is InChI=1S/C21H18N2O2/c1-2-23(19-12-7-10-16-8-3-5-11-18(16)19)21(24)15-25-20-13-6-4-9-17(20)14-22/h3-13H,2,15H2,1H3. The number of amides is 1. The molecule has 0 unspecified atom stereocenters. The van der Waals surface area contributed by atoms with E-state index in [1.165, 1.54) is 0 Å². The molecular weight excluding hydrogens is 312 g/mol. The lowest BCUT2D eigenvalue weighted by atomic mass is 10.1. The molecule has 0 saturated carbocycles. The van der Waals surface area contributed by atoms with E-state index in [1.807, 2.05) is 49.4 Å². The third-order valence-corrected chi connectivity index (χ3v) is 4.03. The summed E-state index contributed by atoms with van der Waals surface area (Å²) >= 11 is 0. The summed E-state index contributed by atoms with van der Waals surface area (Å²) in [4.78, 5) is 14.4. The first-order valence-corrected chi connectivity index (χ1v) is 8.14. The zero-order chi connectivity index (χ0) is 17.6. The number of nitriles is 1. The summed E-state index contributed by atoms with van der Waals surface area (Å²) in [5.41, 5.74) is 1.28. The number of rotatable bonds is 5. The lowest BCUT2D eigenvalue weighted by Crippen LogP contribution is -2.35. The summed E-state index contributed by atoms with van der Waals surface area (Å²) in [5, 5.41) is 11.2. The van der Waals surface area contributed by atoms with Crippen molar-refractivity contribution in [2.75, 3.05) is 18.1 Å². The second kappa shape index (κ2) is 7.50. The number of anilines is 1. The summed E-state index contributed by atoms with van der Waals surface area (Å²) < 4.78 is 5.59. The van der Waals surface area contributed by atoms with E-state index >= 15 is 0 Å². The third-order valence-electron chi connectivity index (χ3n) is 4.03. The van der Waals surface area contributed by atoms with Gasteiger partial charge in [-0.05, 0) is 30.5 Å². The summed E-state index contributed by atoms with van der Waals surface area (Å²) in [7, 11) is 0. The number of likely N-dealkylation sites (N-methyl/N-ethyl adjacent to an activating group) is 1. The Morgan fingerprint density at radius 3 is 2.56 bits per heavy atom. The van der Waals surface area contributed by atoms with Gasteiger partial charge in [0.25, 0.3) is 5.91 Å². The molecule has 3 aromatic carbocycles. The van der Waals surface area contributed by atoms with E-state index in [9.17, 15) is 4.79 Å². The van der Waals surface area contributed by atoms with Gasteiger partial charge in [-0.1, -0.05) is 48.5 Å². The second-order valence-corrected chi connectivity index (χ2v) is 5.53. The Morgan fingerprint density at radius 2 is 1.76 bits per heavy atom. The van der Waals surface area contributed by atoms with Crippen LogP contribution in [-0.4, -0.2) is 19.1 Å². The lowest BCUT2D eigenvalue weighted by Gasteiger charge is -2.23. The SMILES string of the molecule is CCN(C(=O)COc1ccccc1C#N)c1cccc2ccccc12. The molecular formula is C21H18N2O2. The minimum atomic E-state index is -0.147. The average molecular weight is 330 g/mol. The summed E-state index contributed by atoms with van der Waals surface area (Å²) in [6, 6.07) is 22.9. The van der Waals surface area contributed by atoms with Crippen molar-refractivity contribution in [3.8, 4) is 11.8 Å². The van der Waals surface area contributed by atoms with Crippen LogP contribution in [0.1, 0.15) is 12.5 Å². The molecule has 4 nitrogen and oxygen atoms in total. The van der Waals surface area contributed by atoms with Crippen molar-refractivity contribution >= 4 is 22.4 Å². The summed E-state index contributed by atoms with van der Waals surface area (Å²) in [5.74, 6) is 0.277. The van der Waals surface area contributed by atoms with Crippen LogP contribution in [0.5, 0.6) is 5.75 Å². The van der Waals surface area contributed by atoms with Crippen molar-refractivity contribution in [3.63, 3.8) is 0 Å². The van der Waals surface area contributed by atoms with Crippen LogP contribution >= 0.6 is 0 Å². The van der Waals surface area contributed by atoms with Crippen molar-refractivity contribution in [1.29, 1.82) is 5.26 Å². The molecule has 0 saturated heterocycles. The molecule has 3 rings (SSSR count). The minimum Gasteiger partial charge on any atom is -0.482 e. The maximum Gasteiger partial charge on any atom is 0.264 e. The van der Waals surface area contributed by atoms with Crippen LogP contribution in [0, 0.1) is 11.3 Å². The average Bonchev–Trinajstić information content (AvgIpc) is 2.67. The van der Waals surface area contributed by atoms with Gasteiger partial charge in [-0.3, -0.25) is 4.79 Å². The predicted molar refractivity (Wildman–Crippen MR) is 98.6 cm³/mol. The fraction of sp³-hybridized carbons (Fsp3) is 0.143. The number of fused-ring (bicyclic) bond motifs is 1. The Morgan fingerprint density at radius 1 is 1.04 bits per heavy atom. The van der Waals surface area contributed by atoms with Gasteiger partial charge in [0, 0.05) is 11.9 Å². The molecule has 0 fully saturated rings. The predicted octanol–water partition coefficient (Wildman–Crippen LogP) is 4.14. The van der Waals surface area contributed by atoms with E-state index < -0.39 is 0 Å². The first kappa shape index (κ1) is 16.5. The van der Waals surface area contributed by atoms with Crippen LogP contribution in [-0.2, 0) is 4.79 Å². The number of hydrogen-bond acceptors (Lipinski definition) is 3. The highest BCUT2D eigenvalue weighted by Gasteiger charge is 2.17. The summed E-state index contributed by atoms with van der Waals surface area (Å²) in [6.07, 6.45) is 0. The third kappa shape index (κ3) is 3.46. The monoisotopic (exact) mass is 330 g/mol. The molecule has 0 bridgehead atoms. The van der Waals surface area contributed by atoms with Gasteiger partial charge in [0.2, 0.25) is 0 Å². The molecule has 0 aliphatic rings. The molecule has 3 aromatic rings. The fourth-order valence-corrected chi connectivity index (χ4v) is 2.83. The van der Waals surface area contributed by atoms with E-state index in [0.29, 0.717) is 17.9 Å². The van der Waals surface area contributed by atoms with Crippen LogP contribution in [0.3, 0.4) is 0 Å². The molecule has 0 radical (unpaired) electrons. The van der Waals surface area contributed by atoms with Gasteiger partial charge in [-0.15, -0.1) is 0 Å². The molecule has 1 amide bonds. The van der Waals surface area contributed by atoms with Gasteiger partial charge in [0.05, 0.1) is 11.3 Å². The number of carbonyl (C=O) groups excluding carboxylic acids is 1. The zero-order valence-electron chi connectivity index (χ0n) is 14.0. The molecule has 0 aromatic heterocycles. The highest BCUT2D eigenvalue weighted by atomic mass is 16.5. The normalized spacial score (nSPS) is 10.2. The minimum absolute atomic E-state index is 0.115. The Hall–Kier alpha value is -3.32. The molecule has 0 atom stereocenters. The van der Waals surface area contributed by atoms with Crippen molar-refractivity contribution in [2.45, 2.75) is 6.92 Å². The smallest absolute Gasteiger partial charge is 0.264 e. The first-order valence-electron chi connectivity index (χ1n) is 8.14. The van der Waals surface area contributed by atoms with Crippen LogP contribution in [0.15, 0.2) is 66.7 Å². The summed E-state index contributed by atoms with van der Waals surface area (Å²) in [6.45, 7) is 2.36. The van der Waals surface area contributed by atoms with Gasteiger partial charge in [-0.25, -0.2) is 0 Å². The largest absolute Gasteiger partial charge is 0.482 e. The van der Waals surface area contributed by atoms with Gasteiger partial charge < -0.3 is 9.64 Å².